The van der Waals surface area contributed by atoms with Crippen LogP contribution in [0.5, 0.6) is 0 Å². The number of fused-ring (bicyclic) bond motifs is 2. The van der Waals surface area contributed by atoms with Crippen molar-refractivity contribution in [2.75, 3.05) is 37.7 Å². The number of halogens is 5. The van der Waals surface area contributed by atoms with Crippen LogP contribution in [0.4, 0.5) is 27.9 Å². The lowest BCUT2D eigenvalue weighted by Crippen LogP contribution is -2.43. The van der Waals surface area contributed by atoms with E-state index in [9.17, 15) is 26.7 Å². The van der Waals surface area contributed by atoms with Crippen LogP contribution < -0.4 is 4.90 Å². The molecule has 5 heterocycles. The van der Waals surface area contributed by atoms with Gasteiger partial charge in [-0.15, -0.1) is 0 Å². The molecular formula is C22H23F5N4O5. The van der Waals surface area contributed by atoms with Crippen molar-refractivity contribution in [1.82, 2.24) is 14.9 Å². The highest BCUT2D eigenvalue weighted by molar-refractivity contribution is 5.94. The van der Waals surface area contributed by atoms with E-state index in [1.54, 1.807) is 17.2 Å². The highest BCUT2D eigenvalue weighted by Gasteiger charge is 2.47. The molecule has 0 bridgehead atoms. The van der Waals surface area contributed by atoms with E-state index in [1.807, 2.05) is 4.90 Å². The molecule has 0 radical (unpaired) electrons. The van der Waals surface area contributed by atoms with Crippen molar-refractivity contribution in [3.8, 4) is 0 Å². The standard InChI is InChI=1S/C20H22F2N4O3.C2HF3O2/c21-20(22)3-6-25(7-4-20)18-23-9-15-11-29-13-19(16(15)24-18)2-5-26(12-19)17(27)14-1-8-28-10-14;3-2(4,5)1(6)7/h1,8-10H,2-7,11-13H2;(H,6,7). The normalized spacial score (nSPS) is 23.1. The van der Waals surface area contributed by atoms with Gasteiger partial charge in [0.25, 0.3) is 11.8 Å². The lowest BCUT2D eigenvalue weighted by atomic mass is 9.80. The summed E-state index contributed by atoms with van der Waals surface area (Å²) in [5, 5.41) is 7.12. The van der Waals surface area contributed by atoms with E-state index in [0.29, 0.717) is 37.8 Å². The number of anilines is 1. The third-order valence-corrected chi connectivity index (χ3v) is 6.42. The number of hydrogen-bond acceptors (Lipinski definition) is 7. The zero-order valence-electron chi connectivity index (χ0n) is 18.9. The first-order chi connectivity index (χ1) is 16.9. The average molecular weight is 518 g/mol. The van der Waals surface area contributed by atoms with Crippen LogP contribution in [0.25, 0.3) is 0 Å². The van der Waals surface area contributed by atoms with E-state index in [-0.39, 0.29) is 31.8 Å². The first-order valence-corrected chi connectivity index (χ1v) is 11.1. The van der Waals surface area contributed by atoms with Gasteiger partial charge >= 0.3 is 12.1 Å². The maximum Gasteiger partial charge on any atom is 0.490 e. The summed E-state index contributed by atoms with van der Waals surface area (Å²) in [5.74, 6) is -4.96. The second kappa shape index (κ2) is 9.64. The number of carbonyl (C=O) groups excluding carboxylic acids is 1. The zero-order chi connectivity index (χ0) is 26.1. The molecule has 14 heteroatoms. The lowest BCUT2D eigenvalue weighted by molar-refractivity contribution is -0.192. The van der Waals surface area contributed by atoms with Gasteiger partial charge in [0.05, 0.1) is 36.1 Å². The highest BCUT2D eigenvalue weighted by Crippen LogP contribution is 2.40. The van der Waals surface area contributed by atoms with Crippen LogP contribution in [-0.2, 0) is 21.6 Å². The third kappa shape index (κ3) is 5.42. The first-order valence-electron chi connectivity index (χ1n) is 11.1. The molecule has 2 aromatic heterocycles. The fourth-order valence-electron chi connectivity index (χ4n) is 4.50. The van der Waals surface area contributed by atoms with E-state index in [0.717, 1.165) is 17.7 Å². The van der Waals surface area contributed by atoms with Gasteiger partial charge < -0.3 is 24.1 Å². The molecule has 3 aliphatic heterocycles. The Labute approximate surface area is 201 Å². The Morgan fingerprint density at radius 3 is 2.42 bits per heavy atom. The fourth-order valence-corrected chi connectivity index (χ4v) is 4.50. The number of nitrogens with zero attached hydrogens (tertiary/aromatic N) is 4. The van der Waals surface area contributed by atoms with Crippen molar-refractivity contribution in [3.63, 3.8) is 0 Å². The number of furan rings is 1. The summed E-state index contributed by atoms with van der Waals surface area (Å²) >= 11 is 0. The Kier molecular flexibility index (Phi) is 6.90. The van der Waals surface area contributed by atoms with Gasteiger partial charge in [-0.2, -0.15) is 13.2 Å². The van der Waals surface area contributed by atoms with Crippen molar-refractivity contribution in [1.29, 1.82) is 0 Å². The molecule has 1 amide bonds. The maximum absolute atomic E-state index is 13.5. The van der Waals surface area contributed by atoms with Crippen LogP contribution in [-0.4, -0.2) is 76.7 Å². The number of rotatable bonds is 2. The molecule has 0 saturated carbocycles. The molecule has 0 aliphatic carbocycles. The van der Waals surface area contributed by atoms with E-state index >= 15 is 0 Å². The number of likely N-dealkylation sites (tertiary alicyclic amines) is 1. The molecule has 2 fully saturated rings. The first kappa shape index (κ1) is 25.8. The summed E-state index contributed by atoms with van der Waals surface area (Å²) in [4.78, 5) is 34.5. The number of aromatic nitrogens is 2. The van der Waals surface area contributed by atoms with E-state index in [4.69, 9.17) is 24.0 Å². The van der Waals surface area contributed by atoms with Gasteiger partial charge in [-0.1, -0.05) is 0 Å². The van der Waals surface area contributed by atoms with Gasteiger partial charge in [-0.3, -0.25) is 4.79 Å². The van der Waals surface area contributed by atoms with Crippen molar-refractivity contribution >= 4 is 17.8 Å². The number of hydrogen-bond donors (Lipinski definition) is 1. The molecule has 0 aromatic carbocycles. The summed E-state index contributed by atoms with van der Waals surface area (Å²) in [5.41, 5.74) is 1.91. The van der Waals surface area contributed by atoms with Crippen LogP contribution in [0.1, 0.15) is 40.9 Å². The quantitative estimate of drug-likeness (QED) is 0.604. The summed E-state index contributed by atoms with van der Waals surface area (Å²) in [6.45, 7) is 2.47. The highest BCUT2D eigenvalue weighted by atomic mass is 19.4. The van der Waals surface area contributed by atoms with Gasteiger partial charge in [-0.25, -0.2) is 23.5 Å². The minimum Gasteiger partial charge on any atom is -0.475 e. The minimum atomic E-state index is -5.08. The predicted molar refractivity (Wildman–Crippen MR) is 113 cm³/mol. The molecular weight excluding hydrogens is 495 g/mol. The summed E-state index contributed by atoms with van der Waals surface area (Å²) in [6.07, 6.45) is -0.0435. The molecule has 1 N–H and O–H groups in total. The van der Waals surface area contributed by atoms with Crippen LogP contribution in [0.3, 0.4) is 0 Å². The lowest BCUT2D eigenvalue weighted by Gasteiger charge is -2.36. The predicted octanol–water partition coefficient (Wildman–Crippen LogP) is 3.25. The number of piperidine rings is 1. The third-order valence-electron chi connectivity index (χ3n) is 6.42. The van der Waals surface area contributed by atoms with Crippen molar-refractivity contribution in [2.24, 2.45) is 0 Å². The monoisotopic (exact) mass is 518 g/mol. The minimum absolute atomic E-state index is 0.0738. The van der Waals surface area contributed by atoms with Crippen molar-refractivity contribution in [2.45, 2.75) is 43.4 Å². The number of aliphatic carboxylic acids is 1. The summed E-state index contributed by atoms with van der Waals surface area (Å²) in [6, 6.07) is 1.66. The number of alkyl halides is 5. The van der Waals surface area contributed by atoms with E-state index in [2.05, 4.69) is 4.98 Å². The van der Waals surface area contributed by atoms with Gasteiger partial charge in [0, 0.05) is 50.8 Å². The van der Waals surface area contributed by atoms with Gasteiger partial charge in [0.1, 0.15) is 6.26 Å². The van der Waals surface area contributed by atoms with E-state index < -0.39 is 23.5 Å². The molecule has 36 heavy (non-hydrogen) atoms. The Morgan fingerprint density at radius 2 is 1.81 bits per heavy atom. The van der Waals surface area contributed by atoms with Crippen LogP contribution in [0.2, 0.25) is 0 Å². The van der Waals surface area contributed by atoms with Gasteiger partial charge in [0.2, 0.25) is 5.95 Å². The topological polar surface area (TPSA) is 109 Å². The molecule has 3 aliphatic rings. The Balaban J connectivity index is 0.000000384. The smallest absolute Gasteiger partial charge is 0.475 e. The number of amides is 1. The second-order valence-corrected chi connectivity index (χ2v) is 8.95. The van der Waals surface area contributed by atoms with Crippen molar-refractivity contribution < 1.29 is 45.8 Å². The Morgan fingerprint density at radius 1 is 1.11 bits per heavy atom. The number of carbonyl (C=O) groups is 2. The summed E-state index contributed by atoms with van der Waals surface area (Å²) in [7, 11) is 0. The second-order valence-electron chi connectivity index (χ2n) is 8.95. The molecule has 1 spiro atoms. The molecule has 1 unspecified atom stereocenters. The molecule has 196 valence electrons. The molecule has 9 nitrogen and oxygen atoms in total. The number of carboxylic acids is 1. The largest absolute Gasteiger partial charge is 0.490 e. The number of carboxylic acid groups (broad SMARTS) is 1. The van der Waals surface area contributed by atoms with Gasteiger partial charge in [0.15, 0.2) is 0 Å². The fraction of sp³-hybridized carbons (Fsp3) is 0.545. The molecule has 5 rings (SSSR count). The molecule has 2 saturated heterocycles. The van der Waals surface area contributed by atoms with Crippen molar-refractivity contribution in [3.05, 3.63) is 41.6 Å². The average Bonchev–Trinajstić information content (AvgIpc) is 3.50. The SMILES string of the molecule is O=C(O)C(F)(F)F.O=C(c1ccoc1)N1CCC2(COCc3cnc(N4CCC(F)(F)CC4)nc32)C1. The molecule has 1 atom stereocenters. The maximum atomic E-state index is 13.5. The zero-order valence-corrected chi connectivity index (χ0v) is 18.9. The van der Waals surface area contributed by atoms with E-state index in [1.165, 1.54) is 12.5 Å². The Bertz CT molecular complexity index is 1100. The molecule has 2 aromatic rings. The number of ether oxygens (including phenoxy) is 1. The van der Waals surface area contributed by atoms with Gasteiger partial charge in [-0.05, 0) is 12.5 Å². The van der Waals surface area contributed by atoms with Crippen LogP contribution in [0.15, 0.2) is 29.2 Å². The summed E-state index contributed by atoms with van der Waals surface area (Å²) < 4.78 is 69.6. The Hall–Kier alpha value is -3.29. The van der Waals surface area contributed by atoms with Crippen LogP contribution >= 0.6 is 0 Å². The van der Waals surface area contributed by atoms with Crippen LogP contribution in [0, 0.1) is 0 Å².